The largest absolute Gasteiger partial charge is 0.493 e. The molecule has 2 aromatic carbocycles. The predicted molar refractivity (Wildman–Crippen MR) is 85.9 cm³/mol. The average Bonchev–Trinajstić information content (AvgIpc) is 2.54. The molecule has 21 heavy (non-hydrogen) atoms. The SMILES string of the molecule is CCc1ccc(OCc2ccc(CNC)cc2)c(OC)c1. The van der Waals surface area contributed by atoms with Gasteiger partial charge in [0, 0.05) is 6.54 Å². The highest BCUT2D eigenvalue weighted by molar-refractivity contribution is 5.43. The molecule has 0 heterocycles. The van der Waals surface area contributed by atoms with E-state index in [4.69, 9.17) is 9.47 Å². The molecule has 2 aromatic rings. The van der Waals surface area contributed by atoms with E-state index in [1.165, 1.54) is 11.1 Å². The summed E-state index contributed by atoms with van der Waals surface area (Å²) >= 11 is 0. The summed E-state index contributed by atoms with van der Waals surface area (Å²) in [5, 5.41) is 3.14. The predicted octanol–water partition coefficient (Wildman–Crippen LogP) is 3.56. The minimum atomic E-state index is 0.543. The molecule has 0 amide bonds. The van der Waals surface area contributed by atoms with E-state index >= 15 is 0 Å². The summed E-state index contributed by atoms with van der Waals surface area (Å²) in [6, 6.07) is 14.5. The van der Waals surface area contributed by atoms with E-state index in [-0.39, 0.29) is 0 Å². The second-order valence-corrected chi connectivity index (χ2v) is 4.97. The molecular formula is C18H23NO2. The molecule has 0 saturated carbocycles. The highest BCUT2D eigenvalue weighted by Crippen LogP contribution is 2.29. The number of hydrogen-bond donors (Lipinski definition) is 1. The van der Waals surface area contributed by atoms with Gasteiger partial charge in [-0.25, -0.2) is 0 Å². The van der Waals surface area contributed by atoms with Crippen LogP contribution in [0.5, 0.6) is 11.5 Å². The van der Waals surface area contributed by atoms with Crippen molar-refractivity contribution in [3.63, 3.8) is 0 Å². The van der Waals surface area contributed by atoms with Crippen LogP contribution in [0.25, 0.3) is 0 Å². The van der Waals surface area contributed by atoms with Gasteiger partial charge in [-0.05, 0) is 42.3 Å². The average molecular weight is 285 g/mol. The first-order valence-corrected chi connectivity index (χ1v) is 7.29. The van der Waals surface area contributed by atoms with E-state index in [9.17, 15) is 0 Å². The standard InChI is InChI=1S/C18H23NO2/c1-4-14-9-10-17(18(11-14)20-3)21-13-16-7-5-15(6-8-16)12-19-2/h5-11,19H,4,12-13H2,1-3H3. The summed E-state index contributed by atoms with van der Waals surface area (Å²) in [5.41, 5.74) is 3.67. The van der Waals surface area contributed by atoms with Gasteiger partial charge in [0.1, 0.15) is 6.61 Å². The summed E-state index contributed by atoms with van der Waals surface area (Å²) in [6.07, 6.45) is 0.990. The molecule has 0 unspecified atom stereocenters. The molecule has 0 aromatic heterocycles. The molecule has 0 bridgehead atoms. The Morgan fingerprint density at radius 2 is 1.57 bits per heavy atom. The van der Waals surface area contributed by atoms with Crippen molar-refractivity contribution in [1.29, 1.82) is 0 Å². The quantitative estimate of drug-likeness (QED) is 0.844. The third kappa shape index (κ3) is 4.23. The number of methoxy groups -OCH3 is 1. The van der Waals surface area contributed by atoms with Gasteiger partial charge in [-0.15, -0.1) is 0 Å². The van der Waals surface area contributed by atoms with Gasteiger partial charge >= 0.3 is 0 Å². The number of ether oxygens (including phenoxy) is 2. The van der Waals surface area contributed by atoms with Crippen LogP contribution in [0.3, 0.4) is 0 Å². The van der Waals surface area contributed by atoms with E-state index in [1.54, 1.807) is 7.11 Å². The van der Waals surface area contributed by atoms with Crippen LogP contribution >= 0.6 is 0 Å². The van der Waals surface area contributed by atoms with Crippen LogP contribution in [0.4, 0.5) is 0 Å². The Morgan fingerprint density at radius 3 is 2.19 bits per heavy atom. The van der Waals surface area contributed by atoms with Gasteiger partial charge in [-0.1, -0.05) is 37.3 Å². The zero-order valence-corrected chi connectivity index (χ0v) is 13.0. The highest BCUT2D eigenvalue weighted by atomic mass is 16.5. The van der Waals surface area contributed by atoms with Gasteiger partial charge in [-0.3, -0.25) is 0 Å². The maximum absolute atomic E-state index is 5.87. The van der Waals surface area contributed by atoms with Crippen molar-refractivity contribution in [2.75, 3.05) is 14.2 Å². The molecule has 3 heteroatoms. The van der Waals surface area contributed by atoms with Crippen molar-refractivity contribution < 1.29 is 9.47 Å². The van der Waals surface area contributed by atoms with E-state index in [0.717, 1.165) is 30.0 Å². The third-order valence-corrected chi connectivity index (χ3v) is 3.43. The molecule has 0 spiro atoms. The smallest absolute Gasteiger partial charge is 0.161 e. The third-order valence-electron chi connectivity index (χ3n) is 3.43. The molecule has 0 fully saturated rings. The zero-order valence-electron chi connectivity index (χ0n) is 13.0. The Bertz CT molecular complexity index is 564. The van der Waals surface area contributed by atoms with Crippen LogP contribution in [0, 0.1) is 0 Å². The van der Waals surface area contributed by atoms with E-state index in [1.807, 2.05) is 19.2 Å². The van der Waals surface area contributed by atoms with Gasteiger partial charge in [0.15, 0.2) is 11.5 Å². The summed E-state index contributed by atoms with van der Waals surface area (Å²) in [4.78, 5) is 0. The second-order valence-electron chi connectivity index (χ2n) is 4.97. The first-order valence-electron chi connectivity index (χ1n) is 7.29. The van der Waals surface area contributed by atoms with Crippen LogP contribution in [0.15, 0.2) is 42.5 Å². The molecule has 0 radical (unpaired) electrons. The van der Waals surface area contributed by atoms with Gasteiger partial charge < -0.3 is 14.8 Å². The van der Waals surface area contributed by atoms with Crippen molar-refractivity contribution in [3.05, 3.63) is 59.2 Å². The molecule has 1 N–H and O–H groups in total. The minimum Gasteiger partial charge on any atom is -0.493 e. The Balaban J connectivity index is 2.02. The lowest BCUT2D eigenvalue weighted by atomic mass is 10.1. The lowest BCUT2D eigenvalue weighted by Crippen LogP contribution is -2.05. The number of aryl methyl sites for hydroxylation is 1. The molecule has 0 aliphatic rings. The van der Waals surface area contributed by atoms with Crippen molar-refractivity contribution in [2.24, 2.45) is 0 Å². The maximum Gasteiger partial charge on any atom is 0.161 e. The van der Waals surface area contributed by atoms with Crippen LogP contribution in [0.1, 0.15) is 23.6 Å². The molecule has 3 nitrogen and oxygen atoms in total. The van der Waals surface area contributed by atoms with E-state index < -0.39 is 0 Å². The number of benzene rings is 2. The molecule has 0 aliphatic carbocycles. The highest BCUT2D eigenvalue weighted by Gasteiger charge is 2.05. The van der Waals surface area contributed by atoms with Crippen molar-refractivity contribution in [1.82, 2.24) is 5.32 Å². The zero-order chi connectivity index (χ0) is 15.1. The topological polar surface area (TPSA) is 30.5 Å². The van der Waals surface area contributed by atoms with E-state index in [2.05, 4.69) is 42.6 Å². The van der Waals surface area contributed by atoms with E-state index in [0.29, 0.717) is 6.61 Å². The Kier molecular flexibility index (Phi) is 5.64. The summed E-state index contributed by atoms with van der Waals surface area (Å²) in [5.74, 6) is 1.58. The van der Waals surface area contributed by atoms with Gasteiger partial charge in [-0.2, -0.15) is 0 Å². The van der Waals surface area contributed by atoms with Gasteiger partial charge in [0.2, 0.25) is 0 Å². The lowest BCUT2D eigenvalue weighted by Gasteiger charge is -2.12. The van der Waals surface area contributed by atoms with Crippen molar-refractivity contribution in [2.45, 2.75) is 26.5 Å². The van der Waals surface area contributed by atoms with Gasteiger partial charge in [0.25, 0.3) is 0 Å². The number of hydrogen-bond acceptors (Lipinski definition) is 3. The summed E-state index contributed by atoms with van der Waals surface area (Å²) in [7, 11) is 3.62. The molecule has 2 rings (SSSR count). The Hall–Kier alpha value is -2.00. The molecule has 112 valence electrons. The first-order chi connectivity index (χ1) is 10.3. The summed E-state index contributed by atoms with van der Waals surface area (Å²) in [6.45, 7) is 3.55. The second kappa shape index (κ2) is 7.70. The number of rotatable bonds is 7. The van der Waals surface area contributed by atoms with Crippen molar-refractivity contribution >= 4 is 0 Å². The lowest BCUT2D eigenvalue weighted by molar-refractivity contribution is 0.284. The fraction of sp³-hybridized carbons (Fsp3) is 0.333. The summed E-state index contributed by atoms with van der Waals surface area (Å²) < 4.78 is 11.3. The fourth-order valence-electron chi connectivity index (χ4n) is 2.17. The van der Waals surface area contributed by atoms with Crippen LogP contribution in [-0.4, -0.2) is 14.2 Å². The maximum atomic E-state index is 5.87. The van der Waals surface area contributed by atoms with Crippen LogP contribution in [-0.2, 0) is 19.6 Å². The van der Waals surface area contributed by atoms with Gasteiger partial charge in [0.05, 0.1) is 7.11 Å². The Morgan fingerprint density at radius 1 is 0.905 bits per heavy atom. The first kappa shape index (κ1) is 15.4. The number of nitrogens with one attached hydrogen (secondary N) is 1. The van der Waals surface area contributed by atoms with Crippen LogP contribution in [0.2, 0.25) is 0 Å². The van der Waals surface area contributed by atoms with Crippen LogP contribution < -0.4 is 14.8 Å². The van der Waals surface area contributed by atoms with Crippen molar-refractivity contribution in [3.8, 4) is 11.5 Å². The molecule has 0 aliphatic heterocycles. The Labute approximate surface area is 126 Å². The minimum absolute atomic E-state index is 0.543. The molecular weight excluding hydrogens is 262 g/mol. The molecule has 0 saturated heterocycles. The fourth-order valence-corrected chi connectivity index (χ4v) is 2.17. The normalized spacial score (nSPS) is 10.4. The monoisotopic (exact) mass is 285 g/mol. The molecule has 0 atom stereocenters.